The van der Waals surface area contributed by atoms with Crippen molar-refractivity contribution in [3.8, 4) is 11.1 Å². The van der Waals surface area contributed by atoms with E-state index in [4.69, 9.17) is 11.6 Å². The van der Waals surface area contributed by atoms with Crippen LogP contribution in [-0.4, -0.2) is 39.6 Å². The van der Waals surface area contributed by atoms with Crippen LogP contribution in [0, 0.1) is 0 Å². The fraction of sp³-hybridized carbons (Fsp3) is 0.154. The second kappa shape index (κ2) is 9.00. The minimum Gasteiger partial charge on any atom is -0.340 e. The van der Waals surface area contributed by atoms with Gasteiger partial charge in [0.15, 0.2) is 0 Å². The summed E-state index contributed by atoms with van der Waals surface area (Å²) >= 11 is 6.11. The van der Waals surface area contributed by atoms with Crippen LogP contribution in [0.4, 0.5) is 11.5 Å². The zero-order chi connectivity index (χ0) is 22.8. The van der Waals surface area contributed by atoms with Crippen molar-refractivity contribution in [1.29, 1.82) is 0 Å². The lowest BCUT2D eigenvalue weighted by atomic mass is 10.0. The Hall–Kier alpha value is -3.77. The molecular weight excluding hydrogens is 436 g/mol. The summed E-state index contributed by atoms with van der Waals surface area (Å²) in [4.78, 5) is 34.7. The summed E-state index contributed by atoms with van der Waals surface area (Å²) in [6, 6.07) is 21.0. The van der Waals surface area contributed by atoms with Gasteiger partial charge in [-0.1, -0.05) is 35.9 Å². The van der Waals surface area contributed by atoms with Gasteiger partial charge in [0, 0.05) is 47.6 Å². The highest BCUT2D eigenvalue weighted by Crippen LogP contribution is 2.29. The quantitative estimate of drug-likeness (QED) is 0.439. The van der Waals surface area contributed by atoms with Gasteiger partial charge in [-0.05, 0) is 53.6 Å². The standard InChI is InChI=1S/C26H21ClN4O2/c27-20-2-1-3-21(15-20)30-25-23-14-19(8-9-24(23)28-16-29-25)17-4-6-18(7-5-17)26(33)31-12-10-22(32)11-13-31/h1-9,14-16H,10-13H2,(H,28,29,30). The molecule has 1 aliphatic rings. The molecule has 0 aliphatic carbocycles. The van der Waals surface area contributed by atoms with Crippen LogP contribution in [0.5, 0.6) is 0 Å². The predicted molar refractivity (Wildman–Crippen MR) is 130 cm³/mol. The normalized spacial score (nSPS) is 13.8. The van der Waals surface area contributed by atoms with Crippen LogP contribution in [0.25, 0.3) is 22.0 Å². The van der Waals surface area contributed by atoms with Crippen LogP contribution in [0.1, 0.15) is 23.2 Å². The van der Waals surface area contributed by atoms with Gasteiger partial charge in [-0.2, -0.15) is 0 Å². The fourth-order valence-corrected chi connectivity index (χ4v) is 4.18. The monoisotopic (exact) mass is 456 g/mol. The SMILES string of the molecule is O=C1CCN(C(=O)c2ccc(-c3ccc4ncnc(Nc5cccc(Cl)c5)c4c3)cc2)CC1. The van der Waals surface area contributed by atoms with E-state index in [2.05, 4.69) is 15.3 Å². The summed E-state index contributed by atoms with van der Waals surface area (Å²) in [5.41, 5.74) is 4.27. The van der Waals surface area contributed by atoms with Crippen LogP contribution >= 0.6 is 11.6 Å². The first-order valence-electron chi connectivity index (χ1n) is 10.8. The van der Waals surface area contributed by atoms with Crippen molar-refractivity contribution in [3.63, 3.8) is 0 Å². The number of ketones is 1. The van der Waals surface area contributed by atoms with Crippen molar-refractivity contribution < 1.29 is 9.59 Å². The molecule has 4 aromatic rings. The molecule has 0 saturated carbocycles. The second-order valence-corrected chi connectivity index (χ2v) is 8.43. The van der Waals surface area contributed by atoms with Crippen molar-refractivity contribution in [2.45, 2.75) is 12.8 Å². The van der Waals surface area contributed by atoms with E-state index in [1.54, 1.807) is 4.90 Å². The third-order valence-corrected chi connectivity index (χ3v) is 6.03. The Morgan fingerprint density at radius 3 is 2.42 bits per heavy atom. The van der Waals surface area contributed by atoms with E-state index in [9.17, 15) is 9.59 Å². The number of hydrogen-bond donors (Lipinski definition) is 1. The van der Waals surface area contributed by atoms with Crippen LogP contribution in [0.15, 0.2) is 73.1 Å². The maximum atomic E-state index is 12.8. The number of Topliss-reactive ketones (excluding diaryl/α,β-unsaturated/α-hetero) is 1. The number of benzene rings is 3. The number of likely N-dealkylation sites (tertiary alicyclic amines) is 1. The number of hydrogen-bond acceptors (Lipinski definition) is 5. The molecule has 2 heterocycles. The Balaban J connectivity index is 1.41. The van der Waals surface area contributed by atoms with Gasteiger partial charge in [-0.15, -0.1) is 0 Å². The zero-order valence-electron chi connectivity index (χ0n) is 17.8. The van der Waals surface area contributed by atoms with Crippen molar-refractivity contribution in [2.24, 2.45) is 0 Å². The number of piperidine rings is 1. The number of halogens is 1. The Morgan fingerprint density at radius 2 is 1.67 bits per heavy atom. The van der Waals surface area contributed by atoms with E-state index in [-0.39, 0.29) is 11.7 Å². The van der Waals surface area contributed by atoms with Crippen LogP contribution in [-0.2, 0) is 4.79 Å². The van der Waals surface area contributed by atoms with E-state index in [0.717, 1.165) is 27.7 Å². The van der Waals surface area contributed by atoms with Gasteiger partial charge in [-0.3, -0.25) is 9.59 Å². The first-order valence-corrected chi connectivity index (χ1v) is 11.1. The number of anilines is 2. The van der Waals surface area contributed by atoms with E-state index in [0.29, 0.717) is 42.3 Å². The summed E-state index contributed by atoms with van der Waals surface area (Å²) in [6.07, 6.45) is 2.41. The Morgan fingerprint density at radius 1 is 0.909 bits per heavy atom. The molecule has 33 heavy (non-hydrogen) atoms. The average molecular weight is 457 g/mol. The molecule has 1 saturated heterocycles. The topological polar surface area (TPSA) is 75.2 Å². The number of aromatic nitrogens is 2. The molecule has 1 N–H and O–H groups in total. The van der Waals surface area contributed by atoms with Gasteiger partial charge in [-0.25, -0.2) is 9.97 Å². The number of amides is 1. The largest absolute Gasteiger partial charge is 0.340 e. The highest BCUT2D eigenvalue weighted by atomic mass is 35.5. The predicted octanol–water partition coefficient (Wildman–Crippen LogP) is 5.50. The third kappa shape index (κ3) is 4.56. The Kier molecular flexibility index (Phi) is 5.75. The molecule has 5 rings (SSSR count). The van der Waals surface area contributed by atoms with Crippen molar-refractivity contribution in [3.05, 3.63) is 83.6 Å². The third-order valence-electron chi connectivity index (χ3n) is 5.80. The molecule has 6 nitrogen and oxygen atoms in total. The second-order valence-electron chi connectivity index (χ2n) is 8.00. The summed E-state index contributed by atoms with van der Waals surface area (Å²) in [5.74, 6) is 0.878. The van der Waals surface area contributed by atoms with Crippen LogP contribution in [0.2, 0.25) is 5.02 Å². The van der Waals surface area contributed by atoms with Gasteiger partial charge in [0.25, 0.3) is 5.91 Å². The lowest BCUT2D eigenvalue weighted by Gasteiger charge is -2.26. The summed E-state index contributed by atoms with van der Waals surface area (Å²) < 4.78 is 0. The molecule has 0 spiro atoms. The maximum absolute atomic E-state index is 12.8. The minimum absolute atomic E-state index is 0.0334. The highest BCUT2D eigenvalue weighted by Gasteiger charge is 2.21. The van der Waals surface area contributed by atoms with E-state index in [1.165, 1.54) is 6.33 Å². The molecule has 1 aromatic heterocycles. The molecule has 1 aliphatic heterocycles. The highest BCUT2D eigenvalue weighted by molar-refractivity contribution is 6.30. The van der Waals surface area contributed by atoms with E-state index < -0.39 is 0 Å². The van der Waals surface area contributed by atoms with Gasteiger partial charge >= 0.3 is 0 Å². The number of nitrogens with zero attached hydrogens (tertiary/aromatic N) is 3. The molecular formula is C26H21ClN4O2. The number of rotatable bonds is 4. The zero-order valence-corrected chi connectivity index (χ0v) is 18.5. The number of carbonyl (C=O) groups is 2. The Labute approximate surface area is 196 Å². The summed E-state index contributed by atoms with van der Waals surface area (Å²) in [6.45, 7) is 0.985. The van der Waals surface area contributed by atoms with E-state index in [1.807, 2.05) is 66.7 Å². The van der Waals surface area contributed by atoms with Crippen LogP contribution in [0.3, 0.4) is 0 Å². The average Bonchev–Trinajstić information content (AvgIpc) is 2.84. The van der Waals surface area contributed by atoms with Crippen molar-refractivity contribution in [2.75, 3.05) is 18.4 Å². The minimum atomic E-state index is -0.0334. The molecule has 1 amide bonds. The van der Waals surface area contributed by atoms with Gasteiger partial charge < -0.3 is 10.2 Å². The molecule has 0 atom stereocenters. The fourth-order valence-electron chi connectivity index (χ4n) is 3.99. The summed E-state index contributed by atoms with van der Waals surface area (Å²) in [7, 11) is 0. The van der Waals surface area contributed by atoms with Gasteiger partial charge in [0.2, 0.25) is 0 Å². The molecule has 0 bridgehead atoms. The molecule has 1 fully saturated rings. The molecule has 0 unspecified atom stereocenters. The number of fused-ring (bicyclic) bond motifs is 1. The Bertz CT molecular complexity index is 1340. The van der Waals surface area contributed by atoms with Gasteiger partial charge in [0.1, 0.15) is 17.9 Å². The van der Waals surface area contributed by atoms with Crippen LogP contribution < -0.4 is 5.32 Å². The first-order chi connectivity index (χ1) is 16.1. The molecule has 0 radical (unpaired) electrons. The van der Waals surface area contributed by atoms with Gasteiger partial charge in [0.05, 0.1) is 5.52 Å². The lowest BCUT2D eigenvalue weighted by Crippen LogP contribution is -2.38. The maximum Gasteiger partial charge on any atom is 0.253 e. The molecule has 7 heteroatoms. The van der Waals surface area contributed by atoms with Crippen molar-refractivity contribution in [1.82, 2.24) is 14.9 Å². The van der Waals surface area contributed by atoms with E-state index >= 15 is 0 Å². The first kappa shape index (κ1) is 21.1. The lowest BCUT2D eigenvalue weighted by molar-refractivity contribution is -0.120. The van der Waals surface area contributed by atoms with Crippen molar-refractivity contribution >= 4 is 45.7 Å². The smallest absolute Gasteiger partial charge is 0.253 e. The molecule has 164 valence electrons. The number of nitrogens with one attached hydrogen (secondary N) is 1. The summed E-state index contributed by atoms with van der Waals surface area (Å²) in [5, 5.41) is 4.85. The molecule has 3 aromatic carbocycles. The number of carbonyl (C=O) groups excluding carboxylic acids is 2.